The molecule has 2 rings (SSSR count). The van der Waals surface area contributed by atoms with Crippen LogP contribution in [0.2, 0.25) is 0 Å². The smallest absolute Gasteiger partial charge is 0.126 e. The monoisotopic (exact) mass is 168 g/mol. The second-order valence-corrected chi connectivity index (χ2v) is 3.48. The summed E-state index contributed by atoms with van der Waals surface area (Å²) in [5.41, 5.74) is 0. The molecule has 0 amide bonds. The predicted molar refractivity (Wildman–Crippen MR) is 42.5 cm³/mol. The number of aliphatic hydroxyl groups excluding tert-OH is 1. The Kier molecular flexibility index (Phi) is 1.77. The second-order valence-electron chi connectivity index (χ2n) is 3.48. The summed E-state index contributed by atoms with van der Waals surface area (Å²) in [5, 5.41) is 9.40. The van der Waals surface area contributed by atoms with E-state index < -0.39 is 6.10 Å². The summed E-state index contributed by atoms with van der Waals surface area (Å²) in [7, 11) is 0. The van der Waals surface area contributed by atoms with Gasteiger partial charge in [-0.05, 0) is 6.92 Å². The van der Waals surface area contributed by atoms with Crippen molar-refractivity contribution >= 4 is 6.29 Å². The molecule has 3 heteroatoms. The van der Waals surface area contributed by atoms with Crippen LogP contribution in [0.4, 0.5) is 0 Å². The number of hydrogen-bond donors (Lipinski definition) is 1. The van der Waals surface area contributed by atoms with Crippen molar-refractivity contribution in [2.75, 3.05) is 0 Å². The molecular formula is C9H12O3. The standard InChI is InChI=1S/C9H12O3/c1-5(11)9-6(4-10)7-2-3-8(9)12-7/h2-9,11H,1H3/t5-,6-,7-,8+,9-/m1/s1. The SMILES string of the molecule is C[C@@H](O)[C@@H]1[C@H](C=O)[C@H]2C=C[C@@H]1O2. The normalized spacial score (nSPS) is 46.5. The minimum Gasteiger partial charge on any atom is -0.393 e. The van der Waals surface area contributed by atoms with Crippen molar-refractivity contribution in [3.63, 3.8) is 0 Å². The molecule has 1 fully saturated rings. The van der Waals surface area contributed by atoms with E-state index in [0.29, 0.717) is 0 Å². The molecule has 0 radical (unpaired) electrons. The van der Waals surface area contributed by atoms with E-state index in [9.17, 15) is 9.90 Å². The van der Waals surface area contributed by atoms with E-state index in [1.165, 1.54) is 0 Å². The fourth-order valence-corrected chi connectivity index (χ4v) is 2.13. The zero-order valence-corrected chi connectivity index (χ0v) is 6.88. The first kappa shape index (κ1) is 7.95. The van der Waals surface area contributed by atoms with Crippen LogP contribution in [0.3, 0.4) is 0 Å². The largest absolute Gasteiger partial charge is 0.393 e. The molecule has 0 aromatic carbocycles. The summed E-state index contributed by atoms with van der Waals surface area (Å²) in [4.78, 5) is 10.7. The number of aldehydes is 1. The van der Waals surface area contributed by atoms with Crippen molar-refractivity contribution in [2.45, 2.75) is 25.2 Å². The Bertz CT molecular complexity index is 222. The third kappa shape index (κ3) is 0.934. The van der Waals surface area contributed by atoms with Crippen LogP contribution >= 0.6 is 0 Å². The molecule has 5 atom stereocenters. The van der Waals surface area contributed by atoms with Gasteiger partial charge in [0, 0.05) is 5.92 Å². The summed E-state index contributed by atoms with van der Waals surface area (Å²) in [6, 6.07) is 0. The molecule has 1 saturated heterocycles. The van der Waals surface area contributed by atoms with Crippen LogP contribution in [0.15, 0.2) is 12.2 Å². The molecule has 0 aromatic heterocycles. The van der Waals surface area contributed by atoms with Crippen LogP contribution in [-0.2, 0) is 9.53 Å². The van der Waals surface area contributed by atoms with Crippen molar-refractivity contribution < 1.29 is 14.6 Å². The van der Waals surface area contributed by atoms with Gasteiger partial charge in [-0.1, -0.05) is 12.2 Å². The zero-order chi connectivity index (χ0) is 8.72. The van der Waals surface area contributed by atoms with E-state index in [-0.39, 0.29) is 24.0 Å². The van der Waals surface area contributed by atoms with E-state index in [0.717, 1.165) is 6.29 Å². The average molecular weight is 168 g/mol. The molecular weight excluding hydrogens is 156 g/mol. The van der Waals surface area contributed by atoms with Gasteiger partial charge < -0.3 is 14.6 Å². The highest BCUT2D eigenvalue weighted by atomic mass is 16.5. The van der Waals surface area contributed by atoms with Gasteiger partial charge in [0.2, 0.25) is 0 Å². The van der Waals surface area contributed by atoms with Gasteiger partial charge in [-0.2, -0.15) is 0 Å². The Balaban J connectivity index is 2.22. The Hall–Kier alpha value is -0.670. The lowest BCUT2D eigenvalue weighted by Gasteiger charge is -2.22. The highest BCUT2D eigenvalue weighted by Crippen LogP contribution is 2.39. The minimum absolute atomic E-state index is 0.0440. The maximum atomic E-state index is 10.7. The lowest BCUT2D eigenvalue weighted by molar-refractivity contribution is -0.113. The first-order chi connectivity index (χ1) is 5.74. The van der Waals surface area contributed by atoms with Crippen molar-refractivity contribution in [1.29, 1.82) is 0 Å². The third-order valence-corrected chi connectivity index (χ3v) is 2.72. The summed E-state index contributed by atoms with van der Waals surface area (Å²) >= 11 is 0. The fraction of sp³-hybridized carbons (Fsp3) is 0.667. The van der Waals surface area contributed by atoms with E-state index in [2.05, 4.69) is 0 Å². The predicted octanol–water partition coefficient (Wildman–Crippen LogP) is 0.136. The first-order valence-corrected chi connectivity index (χ1v) is 4.21. The lowest BCUT2D eigenvalue weighted by atomic mass is 9.81. The molecule has 0 aliphatic carbocycles. The summed E-state index contributed by atoms with van der Waals surface area (Å²) in [6.07, 6.45) is 4.12. The lowest BCUT2D eigenvalue weighted by Crippen LogP contribution is -2.33. The van der Waals surface area contributed by atoms with Crippen LogP contribution in [0.5, 0.6) is 0 Å². The molecule has 1 N–H and O–H groups in total. The highest BCUT2D eigenvalue weighted by molar-refractivity contribution is 5.58. The number of carbonyl (C=O) groups is 1. The molecule has 3 nitrogen and oxygen atoms in total. The van der Waals surface area contributed by atoms with Gasteiger partial charge in [0.25, 0.3) is 0 Å². The maximum Gasteiger partial charge on any atom is 0.126 e. The van der Waals surface area contributed by atoms with E-state index in [1.54, 1.807) is 6.92 Å². The van der Waals surface area contributed by atoms with Crippen molar-refractivity contribution in [2.24, 2.45) is 11.8 Å². The Morgan fingerprint density at radius 1 is 1.50 bits per heavy atom. The van der Waals surface area contributed by atoms with Crippen LogP contribution in [0.25, 0.3) is 0 Å². The van der Waals surface area contributed by atoms with E-state index >= 15 is 0 Å². The van der Waals surface area contributed by atoms with Gasteiger partial charge in [0.15, 0.2) is 0 Å². The Labute approximate surface area is 71.0 Å². The number of carbonyl (C=O) groups excluding carboxylic acids is 1. The number of aliphatic hydroxyl groups is 1. The molecule has 2 heterocycles. The van der Waals surface area contributed by atoms with Crippen LogP contribution in [0.1, 0.15) is 6.92 Å². The molecule has 2 bridgehead atoms. The quantitative estimate of drug-likeness (QED) is 0.471. The number of rotatable bonds is 2. The van der Waals surface area contributed by atoms with E-state index in [4.69, 9.17) is 4.74 Å². The summed E-state index contributed by atoms with van der Waals surface area (Å²) in [6.45, 7) is 1.71. The number of hydrogen-bond acceptors (Lipinski definition) is 3. The van der Waals surface area contributed by atoms with Crippen molar-refractivity contribution in [1.82, 2.24) is 0 Å². The second kappa shape index (κ2) is 2.68. The van der Waals surface area contributed by atoms with Gasteiger partial charge in [0.1, 0.15) is 6.29 Å². The van der Waals surface area contributed by atoms with Gasteiger partial charge >= 0.3 is 0 Å². The molecule has 66 valence electrons. The van der Waals surface area contributed by atoms with Crippen LogP contribution < -0.4 is 0 Å². The Morgan fingerprint density at radius 2 is 2.17 bits per heavy atom. The molecule has 0 unspecified atom stereocenters. The van der Waals surface area contributed by atoms with Gasteiger partial charge in [0.05, 0.1) is 24.2 Å². The maximum absolute atomic E-state index is 10.7. The molecule has 12 heavy (non-hydrogen) atoms. The van der Waals surface area contributed by atoms with E-state index in [1.807, 2.05) is 12.2 Å². The Morgan fingerprint density at radius 3 is 2.67 bits per heavy atom. The molecule has 2 aliphatic rings. The molecule has 0 aromatic rings. The summed E-state index contributed by atoms with van der Waals surface area (Å²) in [5.74, 6) is -0.197. The fourth-order valence-electron chi connectivity index (χ4n) is 2.13. The minimum atomic E-state index is -0.472. The number of ether oxygens (including phenoxy) is 1. The summed E-state index contributed by atoms with van der Waals surface area (Å²) < 4.78 is 5.45. The van der Waals surface area contributed by atoms with Gasteiger partial charge in [-0.15, -0.1) is 0 Å². The highest BCUT2D eigenvalue weighted by Gasteiger charge is 2.47. The average Bonchev–Trinajstić information content (AvgIpc) is 2.60. The molecule has 2 aliphatic heterocycles. The van der Waals surface area contributed by atoms with Crippen molar-refractivity contribution in [3.8, 4) is 0 Å². The first-order valence-electron chi connectivity index (χ1n) is 4.21. The number of fused-ring (bicyclic) bond motifs is 2. The van der Waals surface area contributed by atoms with Crippen LogP contribution in [-0.4, -0.2) is 29.7 Å². The van der Waals surface area contributed by atoms with Crippen LogP contribution in [0, 0.1) is 11.8 Å². The molecule has 0 saturated carbocycles. The van der Waals surface area contributed by atoms with Gasteiger partial charge in [-0.25, -0.2) is 0 Å². The molecule has 0 spiro atoms. The van der Waals surface area contributed by atoms with Gasteiger partial charge in [-0.3, -0.25) is 0 Å². The topological polar surface area (TPSA) is 46.5 Å². The van der Waals surface area contributed by atoms with Crippen molar-refractivity contribution in [3.05, 3.63) is 12.2 Å². The zero-order valence-electron chi connectivity index (χ0n) is 6.88. The third-order valence-electron chi connectivity index (χ3n) is 2.72.